The van der Waals surface area contributed by atoms with Gasteiger partial charge in [-0.25, -0.2) is 9.78 Å². The van der Waals surface area contributed by atoms with Crippen LogP contribution in [0.3, 0.4) is 0 Å². The highest BCUT2D eigenvalue weighted by molar-refractivity contribution is 6.35. The monoisotopic (exact) mass is 376 g/mol. The predicted molar refractivity (Wildman–Crippen MR) is 81.6 cm³/mol. The molecule has 1 aromatic carbocycles. The van der Waals surface area contributed by atoms with Crippen LogP contribution in [0.4, 0.5) is 14.5 Å². The Morgan fingerprint density at radius 2 is 1.96 bits per heavy atom. The molecule has 6 nitrogen and oxygen atoms in total. The van der Waals surface area contributed by atoms with Crippen molar-refractivity contribution in [2.45, 2.75) is 6.29 Å². The second kappa shape index (κ2) is 5.64. The third-order valence-corrected chi connectivity index (χ3v) is 3.84. The quantitative estimate of drug-likeness (QED) is 0.803. The molecule has 0 amide bonds. The fraction of sp³-hybridized carbons (Fsp3) is 0.143. The number of hydrogen-bond acceptors (Lipinski definition) is 6. The van der Waals surface area contributed by atoms with Gasteiger partial charge in [0.05, 0.1) is 28.5 Å². The minimum absolute atomic E-state index is 0.0106. The van der Waals surface area contributed by atoms with E-state index in [4.69, 9.17) is 28.9 Å². The normalized spacial score (nSPS) is 14.5. The van der Waals surface area contributed by atoms with Crippen molar-refractivity contribution in [3.8, 4) is 22.8 Å². The van der Waals surface area contributed by atoms with Crippen LogP contribution in [0.5, 0.6) is 11.5 Å². The summed E-state index contributed by atoms with van der Waals surface area (Å²) in [4.78, 5) is 15.8. The number of nitrogens with two attached hydrogens (primary N) is 1. The number of alkyl halides is 2. The van der Waals surface area contributed by atoms with Gasteiger partial charge in [-0.2, -0.15) is 0 Å². The Balaban J connectivity index is 2.20. The average molecular weight is 377 g/mol. The molecule has 126 valence electrons. The Bertz CT molecular complexity index is 861. The Kier molecular flexibility index (Phi) is 3.89. The number of benzene rings is 1. The molecule has 0 saturated heterocycles. The van der Waals surface area contributed by atoms with Crippen LogP contribution in [-0.4, -0.2) is 24.4 Å². The number of pyridine rings is 1. The summed E-state index contributed by atoms with van der Waals surface area (Å²) in [5, 5.41) is -0.181. The Labute approximate surface area is 144 Å². The first-order valence-electron chi connectivity index (χ1n) is 6.36. The molecule has 0 radical (unpaired) electrons. The molecule has 0 aliphatic carbocycles. The summed E-state index contributed by atoms with van der Waals surface area (Å²) < 4.78 is 40.2. The smallest absolute Gasteiger partial charge is 0.464 e. The summed E-state index contributed by atoms with van der Waals surface area (Å²) in [7, 11) is 1.14. The van der Waals surface area contributed by atoms with Crippen LogP contribution in [0, 0.1) is 0 Å². The minimum Gasteiger partial charge on any atom is -0.464 e. The van der Waals surface area contributed by atoms with Crippen LogP contribution in [0.15, 0.2) is 18.2 Å². The van der Waals surface area contributed by atoms with E-state index in [1.54, 1.807) is 0 Å². The van der Waals surface area contributed by atoms with Crippen molar-refractivity contribution in [2.75, 3.05) is 12.8 Å². The molecule has 24 heavy (non-hydrogen) atoms. The fourth-order valence-corrected chi connectivity index (χ4v) is 2.48. The molecule has 0 atom stereocenters. The molecule has 10 heteroatoms. The summed E-state index contributed by atoms with van der Waals surface area (Å²) in [5.74, 6) is -1.49. The predicted octanol–water partition coefficient (Wildman–Crippen LogP) is 3.75. The molecular weight excluding hydrogens is 369 g/mol. The summed E-state index contributed by atoms with van der Waals surface area (Å²) >= 11 is 11.8. The molecule has 0 spiro atoms. The first kappa shape index (κ1) is 16.5. The van der Waals surface area contributed by atoms with E-state index in [-0.39, 0.29) is 44.2 Å². The number of carbonyl (C=O) groups is 1. The van der Waals surface area contributed by atoms with E-state index < -0.39 is 12.3 Å². The van der Waals surface area contributed by atoms with Crippen molar-refractivity contribution < 1.29 is 27.8 Å². The van der Waals surface area contributed by atoms with Gasteiger partial charge in [0.2, 0.25) is 0 Å². The Morgan fingerprint density at radius 1 is 1.29 bits per heavy atom. The van der Waals surface area contributed by atoms with Crippen LogP contribution in [0.2, 0.25) is 10.0 Å². The molecule has 1 aliphatic rings. The molecule has 1 aliphatic heterocycles. The number of methoxy groups -OCH3 is 1. The van der Waals surface area contributed by atoms with E-state index in [0.29, 0.717) is 0 Å². The maximum atomic E-state index is 13.4. The number of rotatable bonds is 2. The van der Waals surface area contributed by atoms with Crippen LogP contribution in [0.1, 0.15) is 10.5 Å². The van der Waals surface area contributed by atoms with Crippen LogP contribution in [-0.2, 0) is 4.74 Å². The highest BCUT2D eigenvalue weighted by Gasteiger charge is 2.46. The summed E-state index contributed by atoms with van der Waals surface area (Å²) in [6.45, 7) is 0. The molecule has 3 rings (SSSR count). The van der Waals surface area contributed by atoms with E-state index >= 15 is 0 Å². The zero-order valence-electron chi connectivity index (χ0n) is 11.9. The lowest BCUT2D eigenvalue weighted by atomic mass is 10.1. The second-order valence-corrected chi connectivity index (χ2v) is 5.46. The van der Waals surface area contributed by atoms with E-state index in [9.17, 15) is 13.6 Å². The Hall–Kier alpha value is -2.32. The lowest BCUT2D eigenvalue weighted by Gasteiger charge is -2.10. The maximum Gasteiger partial charge on any atom is 0.586 e. The summed E-state index contributed by atoms with van der Waals surface area (Å²) in [6.07, 6.45) is -3.87. The number of esters is 1. The van der Waals surface area contributed by atoms with E-state index in [1.165, 1.54) is 18.2 Å². The van der Waals surface area contributed by atoms with Gasteiger partial charge < -0.3 is 19.9 Å². The van der Waals surface area contributed by atoms with E-state index in [2.05, 4.69) is 19.2 Å². The van der Waals surface area contributed by atoms with Crippen molar-refractivity contribution in [1.29, 1.82) is 0 Å². The second-order valence-electron chi connectivity index (χ2n) is 4.67. The largest absolute Gasteiger partial charge is 0.586 e. The van der Waals surface area contributed by atoms with E-state index in [1.807, 2.05) is 0 Å². The molecule has 0 saturated carbocycles. The highest BCUT2D eigenvalue weighted by Crippen LogP contribution is 2.50. The zero-order valence-corrected chi connectivity index (χ0v) is 13.4. The van der Waals surface area contributed by atoms with Gasteiger partial charge in [-0.05, 0) is 18.2 Å². The van der Waals surface area contributed by atoms with E-state index in [0.717, 1.165) is 7.11 Å². The molecule has 2 aromatic rings. The molecular formula is C14H8Cl2F2N2O4. The third-order valence-electron chi connectivity index (χ3n) is 3.15. The summed E-state index contributed by atoms with van der Waals surface area (Å²) in [6, 6.07) is 4.01. The first-order chi connectivity index (χ1) is 11.2. The number of nitrogen functional groups attached to an aromatic ring is 1. The van der Waals surface area contributed by atoms with Crippen LogP contribution < -0.4 is 15.2 Å². The van der Waals surface area contributed by atoms with Crippen LogP contribution >= 0.6 is 23.2 Å². The molecule has 0 fully saturated rings. The van der Waals surface area contributed by atoms with Crippen molar-refractivity contribution in [3.63, 3.8) is 0 Å². The number of carbonyl (C=O) groups excluding carboxylic acids is 1. The lowest BCUT2D eigenvalue weighted by Crippen LogP contribution is -2.26. The molecule has 0 unspecified atom stereocenters. The molecule has 1 aromatic heterocycles. The summed E-state index contributed by atoms with van der Waals surface area (Å²) in [5.41, 5.74) is 5.66. The number of fused-ring (bicyclic) bond motifs is 1. The first-order valence-corrected chi connectivity index (χ1v) is 7.12. The van der Waals surface area contributed by atoms with Crippen molar-refractivity contribution >= 4 is 34.9 Å². The number of anilines is 1. The van der Waals surface area contributed by atoms with Gasteiger partial charge in [0.15, 0.2) is 17.2 Å². The topological polar surface area (TPSA) is 83.7 Å². The molecule has 0 bridgehead atoms. The number of nitrogens with zero attached hydrogens (tertiary/aromatic N) is 1. The number of aromatic nitrogens is 1. The van der Waals surface area contributed by atoms with Gasteiger partial charge in [0.1, 0.15) is 0 Å². The van der Waals surface area contributed by atoms with Gasteiger partial charge in [-0.1, -0.05) is 23.2 Å². The zero-order chi connectivity index (χ0) is 17.6. The third kappa shape index (κ3) is 2.67. The standard InChI is InChI=1S/C14H8Cl2F2N2O4/c1-22-13(21)10-9(16)7(19)4-8(20-10)5-2-3-6(15)12-11(5)23-14(17,18)24-12/h2-4H,1H3,(H2,19,20). The van der Waals surface area contributed by atoms with Crippen molar-refractivity contribution in [1.82, 2.24) is 4.98 Å². The average Bonchev–Trinajstić information content (AvgIpc) is 2.85. The number of halogens is 4. The maximum absolute atomic E-state index is 13.4. The van der Waals surface area contributed by atoms with Crippen molar-refractivity contribution in [3.05, 3.63) is 33.9 Å². The van der Waals surface area contributed by atoms with Gasteiger partial charge in [0, 0.05) is 5.56 Å². The number of ether oxygens (including phenoxy) is 3. The molecule has 2 N–H and O–H groups in total. The van der Waals surface area contributed by atoms with Crippen LogP contribution in [0.25, 0.3) is 11.3 Å². The molecule has 2 heterocycles. The fourth-order valence-electron chi connectivity index (χ4n) is 2.11. The van der Waals surface area contributed by atoms with Gasteiger partial charge >= 0.3 is 12.3 Å². The lowest BCUT2D eigenvalue weighted by molar-refractivity contribution is -0.286. The minimum atomic E-state index is -3.87. The van der Waals surface area contributed by atoms with Gasteiger partial charge in [-0.3, -0.25) is 0 Å². The van der Waals surface area contributed by atoms with Gasteiger partial charge in [-0.15, -0.1) is 8.78 Å². The van der Waals surface area contributed by atoms with Crippen molar-refractivity contribution in [2.24, 2.45) is 0 Å². The Morgan fingerprint density at radius 3 is 2.62 bits per heavy atom. The highest BCUT2D eigenvalue weighted by atomic mass is 35.5. The SMILES string of the molecule is COC(=O)c1nc(-c2ccc(Cl)c3c2OC(F)(F)O3)cc(N)c1Cl. The number of hydrogen-bond donors (Lipinski definition) is 1. The van der Waals surface area contributed by atoms with Gasteiger partial charge in [0.25, 0.3) is 0 Å².